The first-order chi connectivity index (χ1) is 14.5. The van der Waals surface area contributed by atoms with Gasteiger partial charge in [0.1, 0.15) is 6.10 Å². The number of rotatable bonds is 7. The van der Waals surface area contributed by atoms with Crippen LogP contribution in [0.1, 0.15) is 57.4 Å². The highest BCUT2D eigenvalue weighted by Crippen LogP contribution is 2.27. The van der Waals surface area contributed by atoms with Crippen LogP contribution in [-0.4, -0.2) is 45.7 Å². The maximum Gasteiger partial charge on any atom is 0.266 e. The third-order valence-corrected chi connectivity index (χ3v) is 5.93. The van der Waals surface area contributed by atoms with Crippen LogP contribution in [0.5, 0.6) is 0 Å². The van der Waals surface area contributed by atoms with Crippen molar-refractivity contribution in [1.82, 2.24) is 20.3 Å². The van der Waals surface area contributed by atoms with Crippen LogP contribution in [-0.2, 0) is 4.74 Å². The van der Waals surface area contributed by atoms with E-state index in [0.29, 0.717) is 23.6 Å². The summed E-state index contributed by atoms with van der Waals surface area (Å²) in [5, 5.41) is 8.22. The van der Waals surface area contributed by atoms with E-state index in [-0.39, 0.29) is 18.1 Å². The summed E-state index contributed by atoms with van der Waals surface area (Å²) in [7, 11) is 0. The zero-order valence-corrected chi connectivity index (χ0v) is 18.6. The highest BCUT2D eigenvalue weighted by atomic mass is 32.2. The minimum atomic E-state index is -0.258. The van der Waals surface area contributed by atoms with Crippen molar-refractivity contribution < 1.29 is 13.8 Å². The first-order valence-corrected chi connectivity index (χ1v) is 11.5. The van der Waals surface area contributed by atoms with Crippen LogP contribution in [0.4, 0.5) is 5.95 Å². The molecule has 3 aromatic rings. The Morgan fingerprint density at radius 3 is 2.33 bits per heavy atom. The fourth-order valence-electron chi connectivity index (χ4n) is 3.39. The fourth-order valence-corrected chi connectivity index (χ4v) is 3.79. The molecule has 1 saturated heterocycles. The van der Waals surface area contributed by atoms with Gasteiger partial charge >= 0.3 is 0 Å². The van der Waals surface area contributed by atoms with Crippen molar-refractivity contribution in [2.75, 3.05) is 24.2 Å². The predicted molar refractivity (Wildman–Crippen MR) is 115 cm³/mol. The summed E-state index contributed by atoms with van der Waals surface area (Å²) < 4.78 is 17.0. The topological polar surface area (TPSA) is 90.3 Å². The van der Waals surface area contributed by atoms with Gasteiger partial charge in [0.05, 0.1) is 6.10 Å². The van der Waals surface area contributed by atoms with E-state index in [9.17, 15) is 0 Å². The number of hydrogen-bond donors (Lipinski definition) is 0. The molecule has 1 aliphatic rings. The van der Waals surface area contributed by atoms with Crippen molar-refractivity contribution in [2.24, 2.45) is 0 Å². The van der Waals surface area contributed by atoms with Gasteiger partial charge in [-0.05, 0) is 55.4 Å². The van der Waals surface area contributed by atoms with E-state index in [1.54, 1.807) is 11.8 Å². The number of benzene rings is 1. The van der Waals surface area contributed by atoms with E-state index in [1.165, 1.54) is 4.90 Å². The summed E-state index contributed by atoms with van der Waals surface area (Å²) in [5.74, 6) is 2.66. The number of hydrogen-bond acceptors (Lipinski definition) is 9. The lowest BCUT2D eigenvalue weighted by Crippen LogP contribution is -2.38. The number of piperidine rings is 1. The van der Waals surface area contributed by atoms with E-state index < -0.39 is 0 Å². The zero-order valence-electron chi connectivity index (χ0n) is 17.7. The second-order valence-electron chi connectivity index (χ2n) is 7.74. The SMILES string of the molecule is CSc1ccc(-c2noc(C(C)OC3CCN(c4noc(C(C)C)n4)CC3)n2)cc1. The molecule has 160 valence electrons. The lowest BCUT2D eigenvalue weighted by Gasteiger charge is -2.31. The number of thioether (sulfide) groups is 1. The molecule has 0 amide bonds. The first-order valence-electron chi connectivity index (χ1n) is 10.3. The second kappa shape index (κ2) is 9.18. The van der Waals surface area contributed by atoms with Gasteiger partial charge in [0.2, 0.25) is 11.7 Å². The van der Waals surface area contributed by atoms with E-state index in [1.807, 2.05) is 32.9 Å². The Morgan fingerprint density at radius 2 is 1.70 bits per heavy atom. The van der Waals surface area contributed by atoms with Gasteiger partial charge in [-0.25, -0.2) is 0 Å². The molecule has 9 heteroatoms. The summed E-state index contributed by atoms with van der Waals surface area (Å²) in [6.07, 6.45) is 3.69. The number of anilines is 1. The minimum absolute atomic E-state index is 0.129. The standard InChI is InChI=1S/C21H27N5O3S/c1-13(2)19-23-21(25-28-19)26-11-9-16(10-12-26)27-14(3)20-22-18(24-29-20)15-5-7-17(30-4)8-6-15/h5-8,13-14,16H,9-12H2,1-4H3. The molecule has 0 aliphatic carbocycles. The Bertz CT molecular complexity index is 948. The lowest BCUT2D eigenvalue weighted by atomic mass is 10.1. The Hall–Kier alpha value is -2.39. The minimum Gasteiger partial charge on any atom is -0.365 e. The fraction of sp³-hybridized carbons (Fsp3) is 0.524. The monoisotopic (exact) mass is 429 g/mol. The predicted octanol–water partition coefficient (Wildman–Crippen LogP) is 4.71. The molecule has 4 rings (SSSR count). The maximum atomic E-state index is 6.20. The summed E-state index contributed by atoms with van der Waals surface area (Å²) in [4.78, 5) is 12.4. The summed E-state index contributed by atoms with van der Waals surface area (Å²) in [6, 6.07) is 8.11. The van der Waals surface area contributed by atoms with Crippen molar-refractivity contribution in [3.05, 3.63) is 36.0 Å². The van der Waals surface area contributed by atoms with Gasteiger partial charge in [-0.2, -0.15) is 9.97 Å². The van der Waals surface area contributed by atoms with Crippen LogP contribution in [0.3, 0.4) is 0 Å². The van der Waals surface area contributed by atoms with Crippen LogP contribution < -0.4 is 4.90 Å². The third-order valence-electron chi connectivity index (χ3n) is 5.18. The zero-order chi connectivity index (χ0) is 21.1. The molecular weight excluding hydrogens is 402 g/mol. The van der Waals surface area contributed by atoms with Gasteiger partial charge in [-0.15, -0.1) is 11.8 Å². The largest absolute Gasteiger partial charge is 0.365 e. The maximum absolute atomic E-state index is 6.20. The summed E-state index contributed by atoms with van der Waals surface area (Å²) in [5.41, 5.74) is 0.934. The summed E-state index contributed by atoms with van der Waals surface area (Å²) >= 11 is 1.70. The van der Waals surface area contributed by atoms with Gasteiger partial charge in [-0.3, -0.25) is 0 Å². The Balaban J connectivity index is 1.31. The van der Waals surface area contributed by atoms with E-state index in [0.717, 1.165) is 31.5 Å². The number of aromatic nitrogens is 4. The van der Waals surface area contributed by atoms with Crippen LogP contribution in [0.15, 0.2) is 38.2 Å². The normalized spacial score (nSPS) is 16.4. The number of ether oxygens (including phenoxy) is 1. The smallest absolute Gasteiger partial charge is 0.266 e. The van der Waals surface area contributed by atoms with Crippen LogP contribution in [0.2, 0.25) is 0 Å². The Labute approximate surface area is 180 Å². The van der Waals surface area contributed by atoms with Crippen molar-refractivity contribution in [1.29, 1.82) is 0 Å². The van der Waals surface area contributed by atoms with Gasteiger partial charge in [-0.1, -0.05) is 19.0 Å². The van der Waals surface area contributed by atoms with Crippen LogP contribution in [0.25, 0.3) is 11.4 Å². The van der Waals surface area contributed by atoms with Crippen molar-refractivity contribution in [3.8, 4) is 11.4 Å². The molecule has 8 nitrogen and oxygen atoms in total. The molecule has 1 unspecified atom stereocenters. The molecule has 0 spiro atoms. The average molecular weight is 430 g/mol. The third kappa shape index (κ3) is 4.67. The molecule has 0 saturated carbocycles. The molecule has 3 heterocycles. The van der Waals surface area contributed by atoms with Gasteiger partial charge in [0.25, 0.3) is 11.8 Å². The van der Waals surface area contributed by atoms with E-state index >= 15 is 0 Å². The molecule has 1 fully saturated rings. The number of nitrogens with zero attached hydrogens (tertiary/aromatic N) is 5. The average Bonchev–Trinajstić information content (AvgIpc) is 3.45. The second-order valence-corrected chi connectivity index (χ2v) is 8.62. The van der Waals surface area contributed by atoms with Crippen LogP contribution in [0, 0.1) is 0 Å². The van der Waals surface area contributed by atoms with Gasteiger partial charge in [0.15, 0.2) is 0 Å². The highest BCUT2D eigenvalue weighted by Gasteiger charge is 2.26. The van der Waals surface area contributed by atoms with E-state index in [4.69, 9.17) is 13.8 Å². The first kappa shape index (κ1) is 20.9. The summed E-state index contributed by atoms with van der Waals surface area (Å²) in [6.45, 7) is 7.69. The molecule has 1 atom stereocenters. The lowest BCUT2D eigenvalue weighted by molar-refractivity contribution is -0.0300. The van der Waals surface area contributed by atoms with E-state index in [2.05, 4.69) is 43.6 Å². The van der Waals surface area contributed by atoms with Crippen molar-refractivity contribution in [3.63, 3.8) is 0 Å². The Kier molecular flexibility index (Phi) is 6.38. The highest BCUT2D eigenvalue weighted by molar-refractivity contribution is 7.98. The molecule has 0 bridgehead atoms. The van der Waals surface area contributed by atoms with Gasteiger partial charge < -0.3 is 18.7 Å². The molecular formula is C21H27N5O3S. The molecule has 30 heavy (non-hydrogen) atoms. The van der Waals surface area contributed by atoms with Crippen molar-refractivity contribution >= 4 is 17.7 Å². The molecule has 2 aromatic heterocycles. The molecule has 1 aliphatic heterocycles. The molecule has 1 aromatic carbocycles. The Morgan fingerprint density at radius 1 is 1.00 bits per heavy atom. The van der Waals surface area contributed by atoms with Crippen molar-refractivity contribution in [2.45, 2.75) is 56.6 Å². The van der Waals surface area contributed by atoms with Gasteiger partial charge in [0, 0.05) is 29.5 Å². The molecule has 0 radical (unpaired) electrons. The molecule has 0 N–H and O–H groups in total. The van der Waals surface area contributed by atoms with Crippen LogP contribution >= 0.6 is 11.8 Å². The quantitative estimate of drug-likeness (QED) is 0.495.